The van der Waals surface area contributed by atoms with Crippen molar-refractivity contribution in [2.45, 2.75) is 53.0 Å². The molecular formula is C24H33N3O3. The average Bonchev–Trinajstić information content (AvgIpc) is 2.77. The van der Waals surface area contributed by atoms with E-state index in [1.54, 1.807) is 13.3 Å². The minimum atomic E-state index is -0.657. The molecule has 1 heterocycles. The first-order valence-electron chi connectivity index (χ1n) is 10.6. The third kappa shape index (κ3) is 7.17. The highest BCUT2D eigenvalue weighted by Crippen LogP contribution is 2.23. The van der Waals surface area contributed by atoms with Crippen LogP contribution in [0.3, 0.4) is 0 Å². The summed E-state index contributed by atoms with van der Waals surface area (Å²) in [6.07, 6.45) is 5.66. The highest BCUT2D eigenvalue weighted by Gasteiger charge is 2.14. The lowest BCUT2D eigenvalue weighted by molar-refractivity contribution is -0.139. The molecule has 0 bridgehead atoms. The summed E-state index contributed by atoms with van der Waals surface area (Å²) in [5.41, 5.74) is 4.02. The van der Waals surface area contributed by atoms with Crippen LogP contribution in [0.5, 0.6) is 5.75 Å². The van der Waals surface area contributed by atoms with Gasteiger partial charge in [0.25, 0.3) is 0 Å². The van der Waals surface area contributed by atoms with Gasteiger partial charge in [0.15, 0.2) is 0 Å². The Bertz CT molecular complexity index is 830. The average molecular weight is 412 g/mol. The molecule has 162 valence electrons. The summed E-state index contributed by atoms with van der Waals surface area (Å²) in [6.45, 7) is 6.98. The number of amides is 2. The topological polar surface area (TPSA) is 80.3 Å². The van der Waals surface area contributed by atoms with Crippen LogP contribution in [0.2, 0.25) is 0 Å². The fraction of sp³-hybridized carbons (Fsp3) is 0.458. The molecular weight excluding hydrogens is 378 g/mol. The first kappa shape index (κ1) is 23.4. The molecule has 0 fully saturated rings. The molecule has 0 aliphatic carbocycles. The van der Waals surface area contributed by atoms with Crippen LogP contribution in [-0.2, 0) is 29.0 Å². The van der Waals surface area contributed by atoms with Gasteiger partial charge in [-0.2, -0.15) is 0 Å². The smallest absolute Gasteiger partial charge is 0.309 e. The standard InChI is InChI=1S/C24H33N3O3/c1-5-18(6-2)13-19-8-9-20(22(14-19)30-4)16-27-24(29)23(28)25-12-11-21-10-7-17(3)15-26-21/h7-10,14-15,18H,5-6,11-13,16H2,1-4H3,(H,25,28)(H,27,29). The van der Waals surface area contributed by atoms with Crippen molar-refractivity contribution in [2.75, 3.05) is 13.7 Å². The maximum atomic E-state index is 12.1. The Labute approximate surface area is 179 Å². The first-order valence-corrected chi connectivity index (χ1v) is 10.6. The molecule has 0 saturated carbocycles. The lowest BCUT2D eigenvalue weighted by atomic mass is 9.94. The van der Waals surface area contributed by atoms with Crippen molar-refractivity contribution in [3.05, 3.63) is 58.9 Å². The summed E-state index contributed by atoms with van der Waals surface area (Å²) in [6, 6.07) is 9.93. The summed E-state index contributed by atoms with van der Waals surface area (Å²) in [5, 5.41) is 5.30. The van der Waals surface area contributed by atoms with Crippen LogP contribution < -0.4 is 15.4 Å². The van der Waals surface area contributed by atoms with E-state index in [1.165, 1.54) is 5.56 Å². The number of nitrogens with one attached hydrogen (secondary N) is 2. The fourth-order valence-electron chi connectivity index (χ4n) is 3.26. The fourth-order valence-corrected chi connectivity index (χ4v) is 3.26. The molecule has 30 heavy (non-hydrogen) atoms. The van der Waals surface area contributed by atoms with Gasteiger partial charge in [-0.05, 0) is 42.5 Å². The zero-order valence-electron chi connectivity index (χ0n) is 18.5. The van der Waals surface area contributed by atoms with E-state index in [9.17, 15) is 9.59 Å². The van der Waals surface area contributed by atoms with Crippen molar-refractivity contribution in [3.8, 4) is 5.75 Å². The molecule has 0 aliphatic rings. The number of aryl methyl sites for hydroxylation is 1. The predicted octanol–water partition coefficient (Wildman–Crippen LogP) is 3.35. The largest absolute Gasteiger partial charge is 0.496 e. The number of rotatable bonds is 10. The van der Waals surface area contributed by atoms with E-state index >= 15 is 0 Å². The Morgan fingerprint density at radius 2 is 1.80 bits per heavy atom. The Hall–Kier alpha value is -2.89. The summed E-state index contributed by atoms with van der Waals surface area (Å²) in [7, 11) is 1.62. The van der Waals surface area contributed by atoms with Gasteiger partial charge in [-0.15, -0.1) is 0 Å². The van der Waals surface area contributed by atoms with Gasteiger partial charge >= 0.3 is 11.8 Å². The normalized spacial score (nSPS) is 10.7. The third-order valence-electron chi connectivity index (χ3n) is 5.32. The number of hydrogen-bond acceptors (Lipinski definition) is 4. The monoisotopic (exact) mass is 411 g/mol. The molecule has 2 N–H and O–H groups in total. The lowest BCUT2D eigenvalue weighted by Gasteiger charge is -2.15. The Balaban J connectivity index is 1.83. The van der Waals surface area contributed by atoms with Crippen molar-refractivity contribution in [2.24, 2.45) is 5.92 Å². The maximum Gasteiger partial charge on any atom is 0.309 e. The van der Waals surface area contributed by atoms with E-state index in [4.69, 9.17) is 4.74 Å². The van der Waals surface area contributed by atoms with Gasteiger partial charge in [-0.1, -0.05) is 44.9 Å². The van der Waals surface area contributed by atoms with Crippen LogP contribution in [0, 0.1) is 12.8 Å². The van der Waals surface area contributed by atoms with Gasteiger partial charge in [0.05, 0.1) is 7.11 Å². The second-order valence-electron chi connectivity index (χ2n) is 7.55. The van der Waals surface area contributed by atoms with E-state index in [-0.39, 0.29) is 6.54 Å². The van der Waals surface area contributed by atoms with Gasteiger partial charge in [-0.3, -0.25) is 14.6 Å². The molecule has 2 amide bonds. The zero-order chi connectivity index (χ0) is 21.9. The first-order chi connectivity index (χ1) is 14.5. The van der Waals surface area contributed by atoms with Gasteiger partial charge in [0.1, 0.15) is 5.75 Å². The Morgan fingerprint density at radius 3 is 2.43 bits per heavy atom. The number of nitrogens with zero attached hydrogens (tertiary/aromatic N) is 1. The molecule has 2 aromatic rings. The number of ether oxygens (including phenoxy) is 1. The third-order valence-corrected chi connectivity index (χ3v) is 5.32. The van der Waals surface area contributed by atoms with Crippen LogP contribution in [-0.4, -0.2) is 30.5 Å². The molecule has 0 aliphatic heterocycles. The second-order valence-corrected chi connectivity index (χ2v) is 7.55. The molecule has 6 nitrogen and oxygen atoms in total. The van der Waals surface area contributed by atoms with Gasteiger partial charge < -0.3 is 15.4 Å². The molecule has 0 saturated heterocycles. The van der Waals surface area contributed by atoms with Crippen LogP contribution in [0.1, 0.15) is 49.1 Å². The molecule has 6 heteroatoms. The van der Waals surface area contributed by atoms with E-state index in [2.05, 4.69) is 35.5 Å². The van der Waals surface area contributed by atoms with E-state index < -0.39 is 11.8 Å². The van der Waals surface area contributed by atoms with Crippen molar-refractivity contribution < 1.29 is 14.3 Å². The van der Waals surface area contributed by atoms with Crippen molar-refractivity contribution in [3.63, 3.8) is 0 Å². The summed E-state index contributed by atoms with van der Waals surface area (Å²) in [4.78, 5) is 28.4. The number of carbonyl (C=O) groups is 2. The highest BCUT2D eigenvalue weighted by atomic mass is 16.5. The minimum Gasteiger partial charge on any atom is -0.496 e. The summed E-state index contributed by atoms with van der Waals surface area (Å²) >= 11 is 0. The molecule has 0 spiro atoms. The van der Waals surface area contributed by atoms with Crippen molar-refractivity contribution in [1.29, 1.82) is 0 Å². The SMILES string of the molecule is CCC(CC)Cc1ccc(CNC(=O)C(=O)NCCc2ccc(C)cn2)c(OC)c1. The van der Waals surface area contributed by atoms with Gasteiger partial charge in [0.2, 0.25) is 0 Å². The van der Waals surface area contributed by atoms with Crippen LogP contribution in [0.15, 0.2) is 36.5 Å². The van der Waals surface area contributed by atoms with Crippen LogP contribution in [0.4, 0.5) is 0 Å². The van der Waals surface area contributed by atoms with Crippen molar-refractivity contribution >= 4 is 11.8 Å². The van der Waals surface area contributed by atoms with E-state index in [1.807, 2.05) is 31.2 Å². The summed E-state index contributed by atoms with van der Waals surface area (Å²) in [5.74, 6) is 0.0742. The lowest BCUT2D eigenvalue weighted by Crippen LogP contribution is -2.40. The Kier molecular flexibility index (Phi) is 9.32. The van der Waals surface area contributed by atoms with Crippen LogP contribution >= 0.6 is 0 Å². The number of carbonyl (C=O) groups excluding carboxylic acids is 2. The number of aromatic nitrogens is 1. The molecule has 0 unspecified atom stereocenters. The number of methoxy groups -OCH3 is 1. The Morgan fingerprint density at radius 1 is 1.07 bits per heavy atom. The van der Waals surface area contributed by atoms with E-state index in [0.29, 0.717) is 18.9 Å². The number of benzene rings is 1. The number of pyridine rings is 1. The quantitative estimate of drug-likeness (QED) is 0.588. The van der Waals surface area contributed by atoms with Gasteiger partial charge in [0, 0.05) is 37.0 Å². The molecule has 1 aromatic heterocycles. The van der Waals surface area contributed by atoms with Crippen LogP contribution in [0.25, 0.3) is 0 Å². The van der Waals surface area contributed by atoms with E-state index in [0.717, 1.165) is 41.8 Å². The second kappa shape index (κ2) is 12.0. The highest BCUT2D eigenvalue weighted by molar-refractivity contribution is 6.35. The molecule has 2 rings (SSSR count). The zero-order valence-corrected chi connectivity index (χ0v) is 18.5. The van der Waals surface area contributed by atoms with Crippen molar-refractivity contribution in [1.82, 2.24) is 15.6 Å². The molecule has 0 radical (unpaired) electrons. The summed E-state index contributed by atoms with van der Waals surface area (Å²) < 4.78 is 5.49. The number of hydrogen-bond donors (Lipinski definition) is 2. The van der Waals surface area contributed by atoms with Gasteiger partial charge in [-0.25, -0.2) is 0 Å². The maximum absolute atomic E-state index is 12.1. The predicted molar refractivity (Wildman–Crippen MR) is 118 cm³/mol. The minimum absolute atomic E-state index is 0.236. The molecule has 0 atom stereocenters. The molecule has 1 aromatic carbocycles.